The van der Waals surface area contributed by atoms with Crippen molar-refractivity contribution >= 4 is 0 Å². The highest BCUT2D eigenvalue weighted by Crippen LogP contribution is 2.14. The molecule has 1 heterocycles. The largest absolute Gasteiger partial charge is 0.465 e. The highest BCUT2D eigenvalue weighted by atomic mass is 16.3. The minimum atomic E-state index is 0.0512. The highest BCUT2D eigenvalue weighted by Gasteiger charge is 2.11. The predicted octanol–water partition coefficient (Wildman–Crippen LogP) is 0.560. The molecule has 1 aromatic rings. The third-order valence-electron chi connectivity index (χ3n) is 2.07. The van der Waals surface area contributed by atoms with Crippen molar-refractivity contribution in [3.63, 3.8) is 0 Å². The lowest BCUT2D eigenvalue weighted by molar-refractivity contribution is 0.281. The minimum Gasteiger partial charge on any atom is -0.465 e. The lowest BCUT2D eigenvalue weighted by Gasteiger charge is -2.13. The summed E-state index contributed by atoms with van der Waals surface area (Å²) in [6, 6.07) is 3.90. The maximum absolute atomic E-state index is 8.63. The summed E-state index contributed by atoms with van der Waals surface area (Å²) in [5.74, 6) is 1.75. The fraction of sp³-hybridized carbons (Fsp3) is 0.600. The molecule has 4 heteroatoms. The second-order valence-corrected chi connectivity index (χ2v) is 3.27. The average molecular weight is 198 g/mol. The van der Waals surface area contributed by atoms with Crippen LogP contribution in [0.5, 0.6) is 0 Å². The Balaban J connectivity index is 2.45. The first-order chi connectivity index (χ1) is 6.77. The fourth-order valence-electron chi connectivity index (χ4n) is 1.30. The molecule has 0 aromatic carbocycles. The van der Waals surface area contributed by atoms with Gasteiger partial charge >= 0.3 is 0 Å². The quantitative estimate of drug-likeness (QED) is 0.584. The normalized spacial score (nSPS) is 13.1. The molecule has 0 bridgehead atoms. The van der Waals surface area contributed by atoms with Crippen molar-refractivity contribution in [1.82, 2.24) is 5.32 Å². The van der Waals surface area contributed by atoms with E-state index in [2.05, 4.69) is 5.32 Å². The van der Waals surface area contributed by atoms with Gasteiger partial charge in [0, 0.05) is 13.2 Å². The zero-order valence-corrected chi connectivity index (χ0v) is 8.49. The van der Waals surface area contributed by atoms with Gasteiger partial charge in [-0.15, -0.1) is 0 Å². The molecule has 0 aliphatic heterocycles. The molecule has 80 valence electrons. The van der Waals surface area contributed by atoms with E-state index in [0.717, 1.165) is 24.5 Å². The van der Waals surface area contributed by atoms with Crippen molar-refractivity contribution in [3.05, 3.63) is 23.7 Å². The van der Waals surface area contributed by atoms with E-state index < -0.39 is 0 Å². The molecule has 1 atom stereocenters. The molecule has 1 unspecified atom stereocenters. The summed E-state index contributed by atoms with van der Waals surface area (Å²) in [6.07, 6.45) is 0.732. The van der Waals surface area contributed by atoms with Crippen LogP contribution in [0, 0.1) is 6.92 Å². The molecule has 0 saturated carbocycles. The Kier molecular flexibility index (Phi) is 4.65. The Labute approximate surface area is 84.1 Å². The van der Waals surface area contributed by atoms with Crippen LogP contribution < -0.4 is 11.1 Å². The van der Waals surface area contributed by atoms with Gasteiger partial charge in [0.1, 0.15) is 11.5 Å². The van der Waals surface area contributed by atoms with E-state index in [1.165, 1.54) is 0 Å². The van der Waals surface area contributed by atoms with Gasteiger partial charge < -0.3 is 20.6 Å². The van der Waals surface area contributed by atoms with Crippen LogP contribution in [0.2, 0.25) is 0 Å². The lowest BCUT2D eigenvalue weighted by Crippen LogP contribution is -2.29. The van der Waals surface area contributed by atoms with E-state index in [-0.39, 0.29) is 12.6 Å². The summed E-state index contributed by atoms with van der Waals surface area (Å²) in [4.78, 5) is 0. The van der Waals surface area contributed by atoms with Gasteiger partial charge in [0.05, 0.1) is 6.04 Å². The van der Waals surface area contributed by atoms with Crippen molar-refractivity contribution in [2.75, 3.05) is 19.7 Å². The van der Waals surface area contributed by atoms with E-state index in [1.54, 1.807) is 0 Å². The number of furan rings is 1. The van der Waals surface area contributed by atoms with Gasteiger partial charge in [0.25, 0.3) is 0 Å². The van der Waals surface area contributed by atoms with Crippen molar-refractivity contribution in [1.29, 1.82) is 0 Å². The number of aryl methyl sites for hydroxylation is 1. The Morgan fingerprint density at radius 2 is 2.36 bits per heavy atom. The molecule has 0 spiro atoms. The first-order valence-electron chi connectivity index (χ1n) is 4.88. The smallest absolute Gasteiger partial charge is 0.122 e. The van der Waals surface area contributed by atoms with Gasteiger partial charge in [-0.3, -0.25) is 0 Å². The van der Waals surface area contributed by atoms with Crippen LogP contribution in [-0.4, -0.2) is 24.8 Å². The third kappa shape index (κ3) is 3.14. The molecule has 1 rings (SSSR count). The predicted molar refractivity (Wildman–Crippen MR) is 54.9 cm³/mol. The van der Waals surface area contributed by atoms with Crippen LogP contribution in [-0.2, 0) is 0 Å². The number of aliphatic hydroxyl groups excluding tert-OH is 1. The van der Waals surface area contributed by atoms with Crippen LogP contribution in [0.25, 0.3) is 0 Å². The van der Waals surface area contributed by atoms with Crippen molar-refractivity contribution in [2.45, 2.75) is 19.4 Å². The van der Waals surface area contributed by atoms with Crippen LogP contribution in [0.4, 0.5) is 0 Å². The zero-order chi connectivity index (χ0) is 10.4. The van der Waals surface area contributed by atoms with Crippen molar-refractivity contribution in [2.24, 2.45) is 5.73 Å². The Bertz CT molecular complexity index is 260. The number of nitrogens with two attached hydrogens (primary N) is 1. The molecule has 0 saturated heterocycles. The number of nitrogens with one attached hydrogen (secondary N) is 1. The van der Waals surface area contributed by atoms with Gasteiger partial charge in [0.2, 0.25) is 0 Å². The molecule has 0 fully saturated rings. The van der Waals surface area contributed by atoms with Gasteiger partial charge in [-0.1, -0.05) is 0 Å². The molecule has 0 aliphatic rings. The van der Waals surface area contributed by atoms with Gasteiger partial charge in [-0.05, 0) is 32.0 Å². The second-order valence-electron chi connectivity index (χ2n) is 3.27. The van der Waals surface area contributed by atoms with E-state index in [0.29, 0.717) is 6.54 Å². The average Bonchev–Trinajstić information content (AvgIpc) is 2.60. The van der Waals surface area contributed by atoms with Gasteiger partial charge in [0.15, 0.2) is 0 Å². The Morgan fingerprint density at radius 1 is 1.57 bits per heavy atom. The molecular weight excluding hydrogens is 180 g/mol. The Hall–Kier alpha value is -0.840. The fourth-order valence-corrected chi connectivity index (χ4v) is 1.30. The number of rotatable bonds is 6. The minimum absolute atomic E-state index is 0.0512. The van der Waals surface area contributed by atoms with E-state index in [4.69, 9.17) is 15.3 Å². The van der Waals surface area contributed by atoms with Gasteiger partial charge in [-0.2, -0.15) is 0 Å². The van der Waals surface area contributed by atoms with E-state index in [1.807, 2.05) is 19.1 Å². The Morgan fingerprint density at radius 3 is 2.86 bits per heavy atom. The zero-order valence-electron chi connectivity index (χ0n) is 8.49. The maximum atomic E-state index is 8.63. The third-order valence-corrected chi connectivity index (χ3v) is 2.07. The summed E-state index contributed by atoms with van der Waals surface area (Å²) in [6.45, 7) is 3.35. The molecular formula is C10H18N2O2. The molecule has 0 aliphatic carbocycles. The summed E-state index contributed by atoms with van der Waals surface area (Å²) >= 11 is 0. The standard InChI is InChI=1S/C10H18N2O2/c1-8-3-4-10(14-8)9(7-11)12-5-2-6-13/h3-4,9,12-13H,2,5-7,11H2,1H3. The summed E-state index contributed by atoms with van der Waals surface area (Å²) in [5, 5.41) is 11.9. The molecule has 14 heavy (non-hydrogen) atoms. The first-order valence-corrected chi connectivity index (χ1v) is 4.88. The number of hydrogen-bond acceptors (Lipinski definition) is 4. The van der Waals surface area contributed by atoms with Crippen molar-refractivity contribution < 1.29 is 9.52 Å². The van der Waals surface area contributed by atoms with E-state index >= 15 is 0 Å². The van der Waals surface area contributed by atoms with Crippen LogP contribution in [0.15, 0.2) is 16.5 Å². The molecule has 4 N–H and O–H groups in total. The topological polar surface area (TPSA) is 71.4 Å². The van der Waals surface area contributed by atoms with Crippen LogP contribution in [0.1, 0.15) is 24.0 Å². The highest BCUT2D eigenvalue weighted by molar-refractivity contribution is 5.09. The monoisotopic (exact) mass is 198 g/mol. The van der Waals surface area contributed by atoms with E-state index in [9.17, 15) is 0 Å². The second kappa shape index (κ2) is 5.80. The first kappa shape index (κ1) is 11.2. The SMILES string of the molecule is Cc1ccc(C(CN)NCCCO)o1. The summed E-state index contributed by atoms with van der Waals surface area (Å²) in [7, 11) is 0. The van der Waals surface area contributed by atoms with Crippen LogP contribution in [0.3, 0.4) is 0 Å². The molecule has 0 radical (unpaired) electrons. The number of hydrogen-bond donors (Lipinski definition) is 3. The summed E-state index contributed by atoms with van der Waals surface area (Å²) in [5.41, 5.74) is 5.61. The molecule has 4 nitrogen and oxygen atoms in total. The lowest BCUT2D eigenvalue weighted by atomic mass is 10.2. The van der Waals surface area contributed by atoms with Crippen molar-refractivity contribution in [3.8, 4) is 0 Å². The molecule has 0 amide bonds. The maximum Gasteiger partial charge on any atom is 0.122 e. The molecule has 1 aromatic heterocycles. The summed E-state index contributed by atoms with van der Waals surface area (Å²) < 4.78 is 5.46. The van der Waals surface area contributed by atoms with Gasteiger partial charge in [-0.25, -0.2) is 0 Å². The number of aliphatic hydroxyl groups is 1. The van der Waals surface area contributed by atoms with Crippen LogP contribution >= 0.6 is 0 Å².